The van der Waals surface area contributed by atoms with Crippen LogP contribution in [0.4, 0.5) is 5.69 Å². The molecule has 0 aromatic heterocycles. The number of sulfonamides is 1. The minimum atomic E-state index is -4.17. The first-order valence-corrected chi connectivity index (χ1v) is 19.7. The molecule has 1 aromatic rings. The molecule has 2 unspecified atom stereocenters. The summed E-state index contributed by atoms with van der Waals surface area (Å²) in [4.78, 5) is 60.0. The molecule has 4 N–H and O–H groups in total. The zero-order valence-corrected chi connectivity index (χ0v) is 34.0. The molecular weight excluding hydrogens is 689 g/mol. The number of amides is 4. The summed E-state index contributed by atoms with van der Waals surface area (Å²) in [6, 6.07) is 3.30. The van der Waals surface area contributed by atoms with Gasteiger partial charge in [-0.2, -0.15) is 0 Å². The van der Waals surface area contributed by atoms with Crippen LogP contribution in [-0.4, -0.2) is 125 Å². The summed E-state index contributed by atoms with van der Waals surface area (Å²) in [6.45, 7) is 13.7. The van der Waals surface area contributed by atoms with Crippen LogP contribution in [0.25, 0.3) is 0 Å². The van der Waals surface area contributed by atoms with Gasteiger partial charge in [0, 0.05) is 33.5 Å². The van der Waals surface area contributed by atoms with E-state index in [0.29, 0.717) is 31.5 Å². The maximum atomic E-state index is 14.2. The van der Waals surface area contributed by atoms with Crippen molar-refractivity contribution in [3.8, 4) is 0 Å². The van der Waals surface area contributed by atoms with Crippen molar-refractivity contribution in [1.29, 1.82) is 0 Å². The van der Waals surface area contributed by atoms with Crippen molar-refractivity contribution in [2.75, 3.05) is 47.6 Å². The van der Waals surface area contributed by atoms with E-state index >= 15 is 0 Å². The molecule has 0 saturated carbocycles. The lowest BCUT2D eigenvalue weighted by atomic mass is 9.89. The van der Waals surface area contributed by atoms with E-state index in [1.54, 1.807) is 23.8 Å². The Balaban J connectivity index is 2.29. The monoisotopic (exact) mass is 752 g/mol. The van der Waals surface area contributed by atoms with Gasteiger partial charge in [0.25, 0.3) is 10.0 Å². The summed E-state index contributed by atoms with van der Waals surface area (Å²) >= 11 is 0. The van der Waals surface area contributed by atoms with Crippen LogP contribution < -0.4 is 15.8 Å². The molecule has 15 heteroatoms. The van der Waals surface area contributed by atoms with Crippen LogP contribution in [0.5, 0.6) is 0 Å². The highest BCUT2D eigenvalue weighted by Gasteiger charge is 2.43. The molecule has 1 aliphatic heterocycles. The van der Waals surface area contributed by atoms with Gasteiger partial charge < -0.3 is 30.3 Å². The number of hydrogen-bond donors (Lipinski definition) is 3. The number of nitrogens with two attached hydrogens (primary N) is 1. The SMILES string of the molecule is CC[C@H](C)[C@@H]([C@@H](CC(=O)N1CCC[C@H]1[C@H](OC)[C@@H](C)C(=O)NS(=O)(=O)c1ccc(N)cc1)OC)N(C)C(=O)C(NC(=O)C(C(C)C)N(C)C)C(C)C. The van der Waals surface area contributed by atoms with E-state index in [0.717, 1.165) is 0 Å². The molecule has 296 valence electrons. The molecule has 2 rings (SSSR count). The average molecular weight is 753 g/mol. The van der Waals surface area contributed by atoms with E-state index in [2.05, 4.69) is 10.0 Å². The van der Waals surface area contributed by atoms with E-state index in [4.69, 9.17) is 15.2 Å². The van der Waals surface area contributed by atoms with Crippen LogP contribution in [0.15, 0.2) is 29.2 Å². The van der Waals surface area contributed by atoms with Gasteiger partial charge >= 0.3 is 0 Å². The topological polar surface area (TPSA) is 181 Å². The zero-order chi connectivity index (χ0) is 39.7. The van der Waals surface area contributed by atoms with Gasteiger partial charge in [0.05, 0.1) is 47.6 Å². The van der Waals surface area contributed by atoms with Gasteiger partial charge in [-0.05, 0) is 69.0 Å². The summed E-state index contributed by atoms with van der Waals surface area (Å²) < 4.78 is 39.8. The summed E-state index contributed by atoms with van der Waals surface area (Å²) in [5.74, 6) is -2.64. The second-order valence-electron chi connectivity index (χ2n) is 15.0. The van der Waals surface area contributed by atoms with Crippen LogP contribution in [-0.2, 0) is 38.7 Å². The number of nitrogens with one attached hydrogen (secondary N) is 2. The van der Waals surface area contributed by atoms with E-state index < -0.39 is 58.2 Å². The van der Waals surface area contributed by atoms with Gasteiger partial charge in [-0.3, -0.25) is 24.1 Å². The number of rotatable bonds is 19. The Morgan fingerprint density at radius 3 is 2.02 bits per heavy atom. The Labute approximate surface area is 311 Å². The number of methoxy groups -OCH3 is 2. The van der Waals surface area contributed by atoms with Crippen molar-refractivity contribution in [3.05, 3.63) is 24.3 Å². The van der Waals surface area contributed by atoms with E-state index in [1.165, 1.54) is 38.5 Å². The van der Waals surface area contributed by atoms with Crippen LogP contribution in [0.3, 0.4) is 0 Å². The fraction of sp³-hybridized carbons (Fsp3) is 0.730. The number of nitrogen functional groups attached to an aromatic ring is 1. The number of ether oxygens (including phenoxy) is 2. The number of likely N-dealkylation sites (N-methyl/N-ethyl adjacent to an activating group) is 2. The average Bonchev–Trinajstić information content (AvgIpc) is 3.55. The minimum Gasteiger partial charge on any atom is -0.399 e. The molecule has 1 aromatic carbocycles. The van der Waals surface area contributed by atoms with Gasteiger partial charge in [-0.1, -0.05) is 54.9 Å². The lowest BCUT2D eigenvalue weighted by Gasteiger charge is -2.41. The Kier molecular flexibility index (Phi) is 17.0. The normalized spacial score (nSPS) is 19.1. The molecule has 1 saturated heterocycles. The molecule has 1 fully saturated rings. The molecule has 0 aliphatic carbocycles. The molecule has 4 amide bonds. The number of nitrogens with zero attached hydrogens (tertiary/aromatic N) is 3. The number of carbonyl (C=O) groups excluding carboxylic acids is 4. The van der Waals surface area contributed by atoms with Gasteiger partial charge in [0.15, 0.2) is 0 Å². The Hall–Kier alpha value is -3.27. The van der Waals surface area contributed by atoms with E-state index in [-0.39, 0.29) is 46.8 Å². The Bertz CT molecular complexity index is 1450. The van der Waals surface area contributed by atoms with Crippen LogP contribution in [0, 0.1) is 23.7 Å². The highest BCUT2D eigenvalue weighted by Crippen LogP contribution is 2.30. The first-order chi connectivity index (χ1) is 24.2. The smallest absolute Gasteiger partial charge is 0.264 e. The molecule has 0 bridgehead atoms. The lowest BCUT2D eigenvalue weighted by molar-refractivity contribution is -0.148. The molecule has 1 aliphatic rings. The van der Waals surface area contributed by atoms with Crippen LogP contribution in [0.1, 0.15) is 74.1 Å². The maximum absolute atomic E-state index is 14.2. The third kappa shape index (κ3) is 11.1. The second kappa shape index (κ2) is 19.7. The standard InChI is InChI=1S/C37H64N6O8S/c1-13-24(6)33(42(10)37(47)31(22(2)3)39-36(46)32(23(4)5)41(8)9)29(50-11)21-30(44)43-20-14-15-28(43)34(51-12)25(7)35(45)40-52(48,49)27-18-16-26(38)17-19-27/h16-19,22-25,28-29,31-34H,13-15,20-21,38H2,1-12H3,(H,39,46)(H,40,45)/t24-,25+,28-,29+,31?,32?,33-,34+/m0/s1. The van der Waals surface area contributed by atoms with Gasteiger partial charge in [-0.15, -0.1) is 0 Å². The molecule has 0 spiro atoms. The maximum Gasteiger partial charge on any atom is 0.264 e. The summed E-state index contributed by atoms with van der Waals surface area (Å²) in [7, 11) is 4.16. The number of likely N-dealkylation sites (tertiary alicyclic amines) is 1. The zero-order valence-electron chi connectivity index (χ0n) is 33.2. The first kappa shape index (κ1) is 44.9. The van der Waals surface area contributed by atoms with Crippen molar-refractivity contribution in [1.82, 2.24) is 24.7 Å². The summed E-state index contributed by atoms with van der Waals surface area (Å²) in [5, 5.41) is 3.01. The van der Waals surface area contributed by atoms with Crippen molar-refractivity contribution >= 4 is 39.3 Å². The molecule has 52 heavy (non-hydrogen) atoms. The molecule has 14 nitrogen and oxygen atoms in total. The largest absolute Gasteiger partial charge is 0.399 e. The lowest BCUT2D eigenvalue weighted by Crippen LogP contribution is -2.59. The highest BCUT2D eigenvalue weighted by molar-refractivity contribution is 7.90. The quantitative estimate of drug-likeness (QED) is 0.178. The van der Waals surface area contributed by atoms with Crippen molar-refractivity contribution in [2.45, 2.75) is 115 Å². The Morgan fingerprint density at radius 2 is 1.54 bits per heavy atom. The molecule has 1 heterocycles. The number of carbonyl (C=O) groups is 4. The first-order valence-electron chi connectivity index (χ1n) is 18.2. The van der Waals surface area contributed by atoms with Crippen LogP contribution in [0.2, 0.25) is 0 Å². The fourth-order valence-corrected chi connectivity index (χ4v) is 8.41. The fourth-order valence-electron chi connectivity index (χ4n) is 7.34. The van der Waals surface area contributed by atoms with Crippen molar-refractivity contribution < 1.29 is 37.1 Å². The minimum absolute atomic E-state index is 0.0273. The van der Waals surface area contributed by atoms with Gasteiger partial charge in [0.1, 0.15) is 6.04 Å². The van der Waals surface area contributed by atoms with Crippen molar-refractivity contribution in [3.63, 3.8) is 0 Å². The molecular formula is C37H64N6O8S. The predicted molar refractivity (Wildman–Crippen MR) is 201 cm³/mol. The van der Waals surface area contributed by atoms with E-state index in [1.807, 2.05) is 60.5 Å². The Morgan fingerprint density at radius 1 is 0.942 bits per heavy atom. The third-order valence-corrected chi connectivity index (χ3v) is 11.7. The van der Waals surface area contributed by atoms with E-state index in [9.17, 15) is 27.6 Å². The molecule has 8 atom stereocenters. The third-order valence-electron chi connectivity index (χ3n) is 10.4. The highest BCUT2D eigenvalue weighted by atomic mass is 32.2. The number of benzene rings is 1. The number of anilines is 1. The predicted octanol–water partition coefficient (Wildman–Crippen LogP) is 2.72. The second-order valence-corrected chi connectivity index (χ2v) is 16.7. The summed E-state index contributed by atoms with van der Waals surface area (Å²) in [5.41, 5.74) is 6.07. The van der Waals surface area contributed by atoms with Gasteiger partial charge in [0.2, 0.25) is 23.6 Å². The number of hydrogen-bond acceptors (Lipinski definition) is 10. The van der Waals surface area contributed by atoms with Gasteiger partial charge in [-0.25, -0.2) is 13.1 Å². The summed E-state index contributed by atoms with van der Waals surface area (Å²) in [6.07, 6.45) is 0.400. The molecule has 0 radical (unpaired) electrons. The van der Waals surface area contributed by atoms with Crippen LogP contribution >= 0.6 is 0 Å². The van der Waals surface area contributed by atoms with Crippen molar-refractivity contribution in [2.24, 2.45) is 23.7 Å².